The number of aromatic nitrogens is 1. The Morgan fingerprint density at radius 1 is 1.38 bits per heavy atom. The van der Waals surface area contributed by atoms with Crippen LogP contribution >= 0.6 is 11.3 Å². The van der Waals surface area contributed by atoms with Gasteiger partial charge in [0.05, 0.1) is 11.5 Å². The van der Waals surface area contributed by atoms with Gasteiger partial charge < -0.3 is 9.80 Å². The second-order valence-corrected chi connectivity index (χ2v) is 7.42. The van der Waals surface area contributed by atoms with Crippen LogP contribution in [0.15, 0.2) is 23.6 Å². The highest BCUT2D eigenvalue weighted by Gasteiger charge is 2.37. The van der Waals surface area contributed by atoms with Gasteiger partial charge in [-0.3, -0.25) is 4.79 Å². The van der Waals surface area contributed by atoms with E-state index in [9.17, 15) is 10.1 Å². The summed E-state index contributed by atoms with van der Waals surface area (Å²) in [6.45, 7) is 4.77. The first kappa shape index (κ1) is 15.2. The number of amides is 1. The number of pyridine rings is 1. The molecule has 1 amide bonds. The summed E-state index contributed by atoms with van der Waals surface area (Å²) in [7, 11) is 0. The molecule has 1 saturated heterocycles. The van der Waals surface area contributed by atoms with Crippen molar-refractivity contribution in [3.05, 3.63) is 45.3 Å². The summed E-state index contributed by atoms with van der Waals surface area (Å²) < 4.78 is 0. The first-order valence-electron chi connectivity index (χ1n) is 8.12. The van der Waals surface area contributed by atoms with Gasteiger partial charge >= 0.3 is 0 Å². The Bertz CT molecular complexity index is 832. The van der Waals surface area contributed by atoms with Crippen molar-refractivity contribution in [3.63, 3.8) is 0 Å². The molecule has 122 valence electrons. The number of hydrogen-bond donors (Lipinski definition) is 0. The average molecular weight is 338 g/mol. The summed E-state index contributed by atoms with van der Waals surface area (Å²) >= 11 is 1.79. The quantitative estimate of drug-likeness (QED) is 0.843. The van der Waals surface area contributed by atoms with E-state index in [0.717, 1.165) is 25.2 Å². The summed E-state index contributed by atoms with van der Waals surface area (Å²) in [6.07, 6.45) is 0.965. The van der Waals surface area contributed by atoms with Crippen molar-refractivity contribution in [1.29, 1.82) is 5.26 Å². The molecule has 0 aliphatic carbocycles. The van der Waals surface area contributed by atoms with Gasteiger partial charge in [-0.1, -0.05) is 0 Å². The van der Waals surface area contributed by atoms with Crippen LogP contribution in [0.5, 0.6) is 0 Å². The summed E-state index contributed by atoms with van der Waals surface area (Å²) in [4.78, 5) is 22.6. The molecule has 2 aromatic heterocycles. The second kappa shape index (κ2) is 5.91. The van der Waals surface area contributed by atoms with E-state index in [0.29, 0.717) is 24.5 Å². The summed E-state index contributed by atoms with van der Waals surface area (Å²) in [6, 6.07) is 7.96. The minimum Gasteiger partial charge on any atom is -0.354 e. The molecule has 0 atom stereocenters. The van der Waals surface area contributed by atoms with E-state index < -0.39 is 0 Å². The SMILES string of the molecule is Cc1ccc(C#N)c(N2CC(C(=O)N3CCc4sccc4C3)C2)n1. The number of carbonyl (C=O) groups excluding carboxylic acids is 1. The van der Waals surface area contributed by atoms with Crippen LogP contribution in [-0.2, 0) is 17.8 Å². The first-order chi connectivity index (χ1) is 11.7. The number of hydrogen-bond acceptors (Lipinski definition) is 5. The predicted molar refractivity (Wildman–Crippen MR) is 92.8 cm³/mol. The molecule has 6 heteroatoms. The number of carbonyl (C=O) groups is 1. The number of anilines is 1. The Kier molecular flexibility index (Phi) is 3.73. The number of nitrogens with zero attached hydrogens (tertiary/aromatic N) is 4. The van der Waals surface area contributed by atoms with Gasteiger partial charge in [0, 0.05) is 36.8 Å². The van der Waals surface area contributed by atoms with E-state index in [1.807, 2.05) is 22.8 Å². The van der Waals surface area contributed by atoms with Crippen molar-refractivity contribution in [2.75, 3.05) is 24.5 Å². The van der Waals surface area contributed by atoms with Gasteiger partial charge in [0.15, 0.2) is 0 Å². The van der Waals surface area contributed by atoms with Crippen LogP contribution in [0.2, 0.25) is 0 Å². The van der Waals surface area contributed by atoms with Gasteiger partial charge in [0.2, 0.25) is 5.91 Å². The molecule has 1 fully saturated rings. The zero-order valence-electron chi connectivity index (χ0n) is 13.5. The third kappa shape index (κ3) is 2.55. The molecular formula is C18H18N4OS. The third-order valence-electron chi connectivity index (χ3n) is 4.78. The Morgan fingerprint density at radius 3 is 3.00 bits per heavy atom. The Labute approximate surface area is 145 Å². The number of nitriles is 1. The molecule has 0 saturated carbocycles. The zero-order valence-corrected chi connectivity index (χ0v) is 14.3. The number of aryl methyl sites for hydroxylation is 1. The lowest BCUT2D eigenvalue weighted by atomic mass is 9.96. The van der Waals surface area contributed by atoms with E-state index in [1.165, 1.54) is 10.4 Å². The molecule has 2 aromatic rings. The van der Waals surface area contributed by atoms with Crippen LogP contribution in [0.3, 0.4) is 0 Å². The van der Waals surface area contributed by atoms with Gasteiger partial charge in [-0.05, 0) is 42.5 Å². The smallest absolute Gasteiger partial charge is 0.229 e. The maximum atomic E-state index is 12.7. The second-order valence-electron chi connectivity index (χ2n) is 6.42. The molecule has 0 N–H and O–H groups in total. The minimum atomic E-state index is 0.0130. The molecule has 0 radical (unpaired) electrons. The lowest BCUT2D eigenvalue weighted by Crippen LogP contribution is -2.55. The van der Waals surface area contributed by atoms with Gasteiger partial charge in [-0.15, -0.1) is 11.3 Å². The molecular weight excluding hydrogens is 320 g/mol. The maximum absolute atomic E-state index is 12.7. The van der Waals surface area contributed by atoms with Gasteiger partial charge in [0.1, 0.15) is 11.9 Å². The van der Waals surface area contributed by atoms with Crippen molar-refractivity contribution in [2.45, 2.75) is 19.9 Å². The van der Waals surface area contributed by atoms with Crippen LogP contribution in [0.25, 0.3) is 0 Å². The van der Waals surface area contributed by atoms with Crippen molar-refractivity contribution in [1.82, 2.24) is 9.88 Å². The number of rotatable bonds is 2. The van der Waals surface area contributed by atoms with Crippen LogP contribution in [0, 0.1) is 24.2 Å². The predicted octanol–water partition coefficient (Wildman–Crippen LogP) is 2.34. The summed E-state index contributed by atoms with van der Waals surface area (Å²) in [5.41, 5.74) is 2.76. The molecule has 5 nitrogen and oxygen atoms in total. The van der Waals surface area contributed by atoms with Crippen molar-refractivity contribution < 1.29 is 4.79 Å². The molecule has 4 heterocycles. The first-order valence-corrected chi connectivity index (χ1v) is 9.00. The number of fused-ring (bicyclic) bond motifs is 1. The Hall–Kier alpha value is -2.39. The molecule has 24 heavy (non-hydrogen) atoms. The van der Waals surface area contributed by atoms with Crippen LogP contribution in [-0.4, -0.2) is 35.4 Å². The molecule has 0 bridgehead atoms. The zero-order chi connectivity index (χ0) is 16.7. The molecule has 0 spiro atoms. The summed E-state index contributed by atoms with van der Waals surface area (Å²) in [5, 5.41) is 11.3. The van der Waals surface area contributed by atoms with Crippen molar-refractivity contribution >= 4 is 23.1 Å². The highest BCUT2D eigenvalue weighted by molar-refractivity contribution is 7.10. The minimum absolute atomic E-state index is 0.0130. The largest absolute Gasteiger partial charge is 0.354 e. The van der Waals surface area contributed by atoms with Gasteiger partial charge in [-0.2, -0.15) is 5.26 Å². The maximum Gasteiger partial charge on any atom is 0.229 e. The van der Waals surface area contributed by atoms with Crippen LogP contribution < -0.4 is 4.90 Å². The molecule has 0 aromatic carbocycles. The van der Waals surface area contributed by atoms with Crippen LogP contribution in [0.1, 0.15) is 21.7 Å². The normalized spacial score (nSPS) is 17.2. The molecule has 0 unspecified atom stereocenters. The van der Waals surface area contributed by atoms with Gasteiger partial charge in [0.25, 0.3) is 0 Å². The van der Waals surface area contributed by atoms with E-state index in [2.05, 4.69) is 22.5 Å². The molecule has 2 aliphatic rings. The standard InChI is InChI=1S/C18H18N4OS/c1-12-2-3-13(8-19)17(20-12)22-10-15(11-22)18(23)21-6-4-16-14(9-21)5-7-24-16/h2-3,5,7,15H,4,6,9-11H2,1H3. The monoisotopic (exact) mass is 338 g/mol. The fourth-order valence-corrected chi connectivity index (χ4v) is 4.26. The Morgan fingerprint density at radius 2 is 2.21 bits per heavy atom. The highest BCUT2D eigenvalue weighted by atomic mass is 32.1. The Balaban J connectivity index is 1.42. The number of thiophene rings is 1. The topological polar surface area (TPSA) is 60.2 Å². The van der Waals surface area contributed by atoms with Crippen molar-refractivity contribution in [3.8, 4) is 6.07 Å². The van der Waals surface area contributed by atoms with E-state index in [-0.39, 0.29) is 11.8 Å². The van der Waals surface area contributed by atoms with Crippen molar-refractivity contribution in [2.24, 2.45) is 5.92 Å². The van der Waals surface area contributed by atoms with E-state index in [4.69, 9.17) is 0 Å². The van der Waals surface area contributed by atoms with E-state index >= 15 is 0 Å². The molecule has 2 aliphatic heterocycles. The van der Waals surface area contributed by atoms with E-state index in [1.54, 1.807) is 17.4 Å². The van der Waals surface area contributed by atoms with Crippen LogP contribution in [0.4, 0.5) is 5.82 Å². The molecule has 4 rings (SSSR count). The average Bonchev–Trinajstić information content (AvgIpc) is 3.01. The third-order valence-corrected chi connectivity index (χ3v) is 5.81. The lowest BCUT2D eigenvalue weighted by Gasteiger charge is -2.42. The lowest BCUT2D eigenvalue weighted by molar-refractivity contribution is -0.137. The summed E-state index contributed by atoms with van der Waals surface area (Å²) in [5.74, 6) is 0.952. The van der Waals surface area contributed by atoms with Gasteiger partial charge in [-0.25, -0.2) is 4.98 Å². The fourth-order valence-electron chi connectivity index (χ4n) is 3.37. The fraction of sp³-hybridized carbons (Fsp3) is 0.389. The highest BCUT2D eigenvalue weighted by Crippen LogP contribution is 2.30.